The van der Waals surface area contributed by atoms with E-state index in [0.717, 1.165) is 47.0 Å². The molecule has 0 bridgehead atoms. The number of nitrogens with zero attached hydrogens (tertiary/aromatic N) is 1. The lowest BCUT2D eigenvalue weighted by Crippen LogP contribution is -2.37. The van der Waals surface area contributed by atoms with Crippen LogP contribution in [0.4, 0.5) is 11.4 Å². The van der Waals surface area contributed by atoms with Crippen molar-refractivity contribution in [2.75, 3.05) is 16.8 Å². The summed E-state index contributed by atoms with van der Waals surface area (Å²) in [6, 6.07) is 16.4. The summed E-state index contributed by atoms with van der Waals surface area (Å²) in [4.78, 5) is 2.31. The molecule has 0 aliphatic carbocycles. The molecule has 0 fully saturated rings. The van der Waals surface area contributed by atoms with E-state index >= 15 is 0 Å². The van der Waals surface area contributed by atoms with Crippen LogP contribution in [-0.4, -0.2) is 12.6 Å². The molecule has 1 aliphatic heterocycles. The van der Waals surface area contributed by atoms with Crippen LogP contribution in [0.15, 0.2) is 79.2 Å². The number of rotatable bonds is 9. The molecule has 152 valence electrons. The number of benzene rings is 2. The van der Waals surface area contributed by atoms with Crippen molar-refractivity contribution in [2.24, 2.45) is 0 Å². The van der Waals surface area contributed by atoms with Crippen molar-refractivity contribution in [2.45, 2.75) is 45.6 Å². The van der Waals surface area contributed by atoms with Crippen molar-refractivity contribution < 1.29 is 4.74 Å². The highest BCUT2D eigenvalue weighted by Gasteiger charge is 2.26. The molecule has 0 saturated heterocycles. The highest BCUT2D eigenvalue weighted by atomic mass is 16.5. The maximum absolute atomic E-state index is 6.22. The summed E-state index contributed by atoms with van der Waals surface area (Å²) >= 11 is 0. The van der Waals surface area contributed by atoms with Gasteiger partial charge in [0.2, 0.25) is 0 Å². The van der Waals surface area contributed by atoms with Gasteiger partial charge in [-0.05, 0) is 43.5 Å². The minimum absolute atomic E-state index is 0.0986. The number of para-hydroxylation sites is 1. The summed E-state index contributed by atoms with van der Waals surface area (Å²) in [5.41, 5.74) is 5.13. The molecule has 2 aromatic carbocycles. The van der Waals surface area contributed by atoms with Crippen LogP contribution < -0.4 is 15.0 Å². The van der Waals surface area contributed by atoms with Crippen LogP contribution >= 0.6 is 0 Å². The van der Waals surface area contributed by atoms with Crippen LogP contribution in [0.2, 0.25) is 0 Å². The second-order valence-electron chi connectivity index (χ2n) is 7.61. The maximum Gasteiger partial charge on any atom is 0.166 e. The van der Waals surface area contributed by atoms with E-state index in [9.17, 15) is 0 Å². The fraction of sp³-hybridized carbons (Fsp3) is 0.308. The average Bonchev–Trinajstić information content (AvgIpc) is 2.73. The Morgan fingerprint density at radius 3 is 2.69 bits per heavy atom. The van der Waals surface area contributed by atoms with Gasteiger partial charge < -0.3 is 15.0 Å². The van der Waals surface area contributed by atoms with Gasteiger partial charge in [-0.15, -0.1) is 0 Å². The van der Waals surface area contributed by atoms with Gasteiger partial charge in [-0.3, -0.25) is 0 Å². The lowest BCUT2D eigenvalue weighted by molar-refractivity contribution is 0.217. The van der Waals surface area contributed by atoms with Crippen LogP contribution in [0.1, 0.15) is 45.1 Å². The summed E-state index contributed by atoms with van der Waals surface area (Å²) in [5.74, 6) is 0.872. The Labute approximate surface area is 175 Å². The van der Waals surface area contributed by atoms with Gasteiger partial charge in [0.15, 0.2) is 5.75 Å². The van der Waals surface area contributed by atoms with E-state index < -0.39 is 0 Å². The van der Waals surface area contributed by atoms with E-state index in [0.29, 0.717) is 0 Å². The number of fused-ring (bicyclic) bond motifs is 1. The van der Waals surface area contributed by atoms with Crippen LogP contribution in [0.25, 0.3) is 6.08 Å². The van der Waals surface area contributed by atoms with Crippen LogP contribution in [0, 0.1) is 0 Å². The summed E-state index contributed by atoms with van der Waals surface area (Å²) in [5, 5.41) is 3.41. The van der Waals surface area contributed by atoms with Gasteiger partial charge in [-0.2, -0.15) is 0 Å². The first kappa shape index (κ1) is 20.8. The Morgan fingerprint density at radius 2 is 1.93 bits per heavy atom. The molecule has 3 heteroatoms. The van der Waals surface area contributed by atoms with Gasteiger partial charge in [0.25, 0.3) is 0 Å². The molecular formula is C26H32N2O. The summed E-state index contributed by atoms with van der Waals surface area (Å²) < 4.78 is 6.22. The van der Waals surface area contributed by atoms with Gasteiger partial charge in [0.05, 0.1) is 17.9 Å². The molecule has 0 spiro atoms. The van der Waals surface area contributed by atoms with Crippen LogP contribution in [-0.2, 0) is 0 Å². The minimum atomic E-state index is 0.0986. The fourth-order valence-corrected chi connectivity index (χ4v) is 3.54. The van der Waals surface area contributed by atoms with E-state index in [1.165, 1.54) is 19.3 Å². The molecule has 2 aromatic rings. The third-order valence-corrected chi connectivity index (χ3v) is 5.07. The molecule has 0 aromatic heterocycles. The van der Waals surface area contributed by atoms with E-state index in [2.05, 4.69) is 67.6 Å². The second kappa shape index (κ2) is 10.0. The van der Waals surface area contributed by atoms with Crippen molar-refractivity contribution in [1.82, 2.24) is 0 Å². The number of hydrogen-bond donors (Lipinski definition) is 1. The molecule has 3 rings (SSSR count). The van der Waals surface area contributed by atoms with Crippen LogP contribution in [0.3, 0.4) is 0 Å². The first-order valence-electron chi connectivity index (χ1n) is 10.5. The predicted octanol–water partition coefficient (Wildman–Crippen LogP) is 7.01. The topological polar surface area (TPSA) is 24.5 Å². The van der Waals surface area contributed by atoms with E-state index in [4.69, 9.17) is 4.74 Å². The molecule has 0 amide bonds. The van der Waals surface area contributed by atoms with Gasteiger partial charge in [-0.1, -0.05) is 75.4 Å². The molecular weight excluding hydrogens is 356 g/mol. The van der Waals surface area contributed by atoms with Gasteiger partial charge in [0, 0.05) is 11.4 Å². The Balaban J connectivity index is 1.76. The molecule has 1 atom stereocenters. The number of ether oxygens (including phenoxy) is 1. The van der Waals surface area contributed by atoms with Gasteiger partial charge in [-0.25, -0.2) is 0 Å². The molecule has 0 saturated carbocycles. The Morgan fingerprint density at radius 1 is 1.14 bits per heavy atom. The highest BCUT2D eigenvalue weighted by Crippen LogP contribution is 2.42. The van der Waals surface area contributed by atoms with Gasteiger partial charge >= 0.3 is 0 Å². The zero-order chi connectivity index (χ0) is 20.6. The lowest BCUT2D eigenvalue weighted by Gasteiger charge is -2.37. The first-order valence-corrected chi connectivity index (χ1v) is 10.5. The highest BCUT2D eigenvalue weighted by molar-refractivity contribution is 5.76. The number of allylic oxidation sites excluding steroid dienone is 2. The van der Waals surface area contributed by atoms with Crippen molar-refractivity contribution in [3.05, 3.63) is 84.7 Å². The van der Waals surface area contributed by atoms with E-state index in [-0.39, 0.29) is 6.10 Å². The molecule has 29 heavy (non-hydrogen) atoms. The zero-order valence-corrected chi connectivity index (χ0v) is 17.7. The normalized spacial score (nSPS) is 15.7. The number of unbranched alkanes of at least 4 members (excludes halogenated alkanes) is 2. The number of hydrogen-bond acceptors (Lipinski definition) is 3. The molecule has 1 heterocycles. The smallest absolute Gasteiger partial charge is 0.166 e. The largest absolute Gasteiger partial charge is 0.484 e. The number of nitrogens with one attached hydrogen (secondary N) is 1. The lowest BCUT2D eigenvalue weighted by atomic mass is 10.1. The summed E-state index contributed by atoms with van der Waals surface area (Å²) in [6.45, 7) is 13.7. The van der Waals surface area contributed by atoms with Crippen molar-refractivity contribution in [3.63, 3.8) is 0 Å². The molecule has 1 unspecified atom stereocenters. The molecule has 0 radical (unpaired) electrons. The molecule has 3 nitrogen and oxygen atoms in total. The second-order valence-corrected chi connectivity index (χ2v) is 7.61. The predicted molar refractivity (Wildman–Crippen MR) is 125 cm³/mol. The zero-order valence-electron chi connectivity index (χ0n) is 17.7. The average molecular weight is 389 g/mol. The minimum Gasteiger partial charge on any atom is -0.484 e. The maximum atomic E-state index is 6.22. The Kier molecular flexibility index (Phi) is 7.18. The third-order valence-electron chi connectivity index (χ3n) is 5.07. The Bertz CT molecular complexity index is 870. The summed E-state index contributed by atoms with van der Waals surface area (Å²) in [6.07, 6.45) is 8.79. The van der Waals surface area contributed by atoms with Crippen molar-refractivity contribution >= 4 is 17.5 Å². The fourth-order valence-electron chi connectivity index (χ4n) is 3.54. The monoisotopic (exact) mass is 388 g/mol. The van der Waals surface area contributed by atoms with E-state index in [1.54, 1.807) is 0 Å². The third kappa shape index (κ3) is 5.54. The van der Waals surface area contributed by atoms with Crippen molar-refractivity contribution in [1.29, 1.82) is 0 Å². The van der Waals surface area contributed by atoms with Crippen LogP contribution in [0.5, 0.6) is 5.75 Å². The number of anilines is 2. The molecule has 1 N–H and O–H groups in total. The SMILES string of the molecule is C=C(/C=C/c1ccccc1)Nc1cccc2c1OC(C)CN2C(=C)CCCCC. The standard InChI is InChI=1S/C26H32N2O/c1-5-6-8-12-21(3)28-19-22(4)29-26-24(15-11-16-25(26)28)27-20(2)17-18-23-13-9-7-10-14-23/h7,9-11,13-18,22,27H,2-3,5-6,8,12,19H2,1,4H3/b18-17+. The van der Waals surface area contributed by atoms with Crippen molar-refractivity contribution in [3.8, 4) is 5.75 Å². The Hall–Kier alpha value is -2.94. The first-order chi connectivity index (χ1) is 14.1. The molecule has 1 aliphatic rings. The van der Waals surface area contributed by atoms with E-state index in [1.807, 2.05) is 30.3 Å². The van der Waals surface area contributed by atoms with Gasteiger partial charge in [0.1, 0.15) is 6.10 Å². The summed E-state index contributed by atoms with van der Waals surface area (Å²) in [7, 11) is 0. The quantitative estimate of drug-likeness (QED) is 0.369.